The average Bonchev–Trinajstić information content (AvgIpc) is 2.20. The molecule has 0 aliphatic rings. The Kier molecular flexibility index (Phi) is 5.89. The van der Waals surface area contributed by atoms with Gasteiger partial charge in [0.15, 0.2) is 0 Å². The van der Waals surface area contributed by atoms with E-state index >= 15 is 0 Å². The number of halogens is 1. The van der Waals surface area contributed by atoms with E-state index in [0.29, 0.717) is 10.7 Å². The summed E-state index contributed by atoms with van der Waals surface area (Å²) in [6.07, 6.45) is 1.49. The molecule has 0 spiro atoms. The van der Waals surface area contributed by atoms with Crippen molar-refractivity contribution in [1.29, 1.82) is 0 Å². The van der Waals surface area contributed by atoms with E-state index < -0.39 is 0 Å². The van der Waals surface area contributed by atoms with E-state index in [2.05, 4.69) is 10.3 Å². The predicted octanol–water partition coefficient (Wildman–Crippen LogP) is 2.12. The van der Waals surface area contributed by atoms with Crippen LogP contribution in [0.2, 0.25) is 5.02 Å². The normalized spacial score (nSPS) is 8.31. The Balaban J connectivity index is 0.000000671. The lowest BCUT2D eigenvalue weighted by Crippen LogP contribution is -2.18. The summed E-state index contributed by atoms with van der Waals surface area (Å²) < 4.78 is 0. The van der Waals surface area contributed by atoms with Crippen LogP contribution in [0.25, 0.3) is 0 Å². The molecular weight excluding hydrogens is 188 g/mol. The molecule has 1 amide bonds. The molecule has 0 aliphatic heterocycles. The van der Waals surface area contributed by atoms with Crippen LogP contribution in [0.3, 0.4) is 0 Å². The van der Waals surface area contributed by atoms with Gasteiger partial charge in [0.2, 0.25) is 0 Å². The van der Waals surface area contributed by atoms with E-state index in [1.807, 2.05) is 13.8 Å². The minimum Gasteiger partial charge on any atom is -0.354 e. The first-order valence-corrected chi connectivity index (χ1v) is 4.45. The summed E-state index contributed by atoms with van der Waals surface area (Å²) in [4.78, 5) is 14.7. The second kappa shape index (κ2) is 6.43. The van der Waals surface area contributed by atoms with Crippen LogP contribution >= 0.6 is 11.6 Å². The van der Waals surface area contributed by atoms with Gasteiger partial charge in [-0.1, -0.05) is 25.4 Å². The fourth-order valence-corrected chi connectivity index (χ4v) is 0.817. The largest absolute Gasteiger partial charge is 0.354 e. The summed E-state index contributed by atoms with van der Waals surface area (Å²) in [5, 5.41) is 2.96. The number of nitrogens with one attached hydrogen (secondary N) is 1. The Morgan fingerprint density at radius 2 is 2.15 bits per heavy atom. The quantitative estimate of drug-likeness (QED) is 0.755. The number of amides is 1. The van der Waals surface area contributed by atoms with Gasteiger partial charge in [0, 0.05) is 18.3 Å². The highest BCUT2D eigenvalue weighted by molar-refractivity contribution is 6.30. The number of pyridine rings is 1. The second-order valence-corrected chi connectivity index (χ2v) is 2.37. The summed E-state index contributed by atoms with van der Waals surface area (Å²) in [6, 6.07) is 3.13. The van der Waals surface area contributed by atoms with Crippen LogP contribution in [0.5, 0.6) is 0 Å². The molecule has 1 aromatic heterocycles. The van der Waals surface area contributed by atoms with Gasteiger partial charge in [-0.25, -0.2) is 0 Å². The lowest BCUT2D eigenvalue weighted by atomic mass is 10.3. The van der Waals surface area contributed by atoms with Crippen molar-refractivity contribution in [2.24, 2.45) is 0 Å². The molecule has 4 heteroatoms. The number of nitrogens with zero attached hydrogens (tertiary/aromatic N) is 1. The van der Waals surface area contributed by atoms with Gasteiger partial charge in [-0.15, -0.1) is 0 Å². The lowest BCUT2D eigenvalue weighted by Gasteiger charge is -1.97. The molecule has 1 N–H and O–H groups in total. The molecule has 0 unspecified atom stereocenters. The molecule has 3 nitrogen and oxygen atoms in total. The van der Waals surface area contributed by atoms with E-state index in [9.17, 15) is 4.79 Å². The minimum absolute atomic E-state index is 0.229. The predicted molar refractivity (Wildman–Crippen MR) is 54.0 cm³/mol. The molecule has 0 saturated heterocycles. The van der Waals surface area contributed by atoms with Crippen molar-refractivity contribution in [1.82, 2.24) is 10.3 Å². The summed E-state index contributed by atoms with van der Waals surface area (Å²) in [7, 11) is 1.55. The van der Waals surface area contributed by atoms with Gasteiger partial charge < -0.3 is 5.32 Å². The van der Waals surface area contributed by atoms with E-state index in [0.717, 1.165) is 0 Å². The van der Waals surface area contributed by atoms with Gasteiger partial charge in [-0.2, -0.15) is 0 Å². The molecule has 0 aliphatic carbocycles. The van der Waals surface area contributed by atoms with Crippen molar-refractivity contribution >= 4 is 17.5 Å². The first-order chi connectivity index (χ1) is 6.24. The van der Waals surface area contributed by atoms with E-state index in [1.54, 1.807) is 13.1 Å². The van der Waals surface area contributed by atoms with Gasteiger partial charge in [0.1, 0.15) is 5.69 Å². The molecule has 0 atom stereocenters. The van der Waals surface area contributed by atoms with Crippen molar-refractivity contribution in [3.05, 3.63) is 29.0 Å². The standard InChI is InChI=1S/C7H7ClN2O.C2H6/c1-9-7(11)6-4-5(8)2-3-10-6;1-2/h2-4H,1H3,(H,9,11);1-2H3. The Bertz CT molecular complexity index is 276. The number of hydrogen-bond acceptors (Lipinski definition) is 2. The summed E-state index contributed by atoms with van der Waals surface area (Å²) in [5.41, 5.74) is 0.333. The fourth-order valence-electron chi connectivity index (χ4n) is 0.657. The summed E-state index contributed by atoms with van der Waals surface area (Å²) >= 11 is 5.63. The number of rotatable bonds is 1. The molecule has 0 saturated carbocycles. The molecule has 0 bridgehead atoms. The molecule has 1 aromatic rings. The third-order valence-electron chi connectivity index (χ3n) is 1.18. The topological polar surface area (TPSA) is 42.0 Å². The highest BCUT2D eigenvalue weighted by Gasteiger charge is 2.03. The van der Waals surface area contributed by atoms with E-state index in [1.165, 1.54) is 12.3 Å². The maximum atomic E-state index is 10.9. The average molecular weight is 201 g/mol. The van der Waals surface area contributed by atoms with Crippen molar-refractivity contribution in [2.75, 3.05) is 7.05 Å². The zero-order chi connectivity index (χ0) is 10.3. The Labute approximate surface area is 83.1 Å². The van der Waals surface area contributed by atoms with Crippen LogP contribution < -0.4 is 5.32 Å². The molecule has 1 rings (SSSR count). The molecule has 0 radical (unpaired) electrons. The number of aromatic nitrogens is 1. The smallest absolute Gasteiger partial charge is 0.269 e. The van der Waals surface area contributed by atoms with Gasteiger partial charge in [-0.05, 0) is 12.1 Å². The van der Waals surface area contributed by atoms with Gasteiger partial charge >= 0.3 is 0 Å². The van der Waals surface area contributed by atoms with Gasteiger partial charge in [-0.3, -0.25) is 9.78 Å². The van der Waals surface area contributed by atoms with Gasteiger partial charge in [0.05, 0.1) is 0 Å². The van der Waals surface area contributed by atoms with Crippen LogP contribution in [0.15, 0.2) is 18.3 Å². The Hall–Kier alpha value is -1.09. The Morgan fingerprint density at radius 1 is 1.54 bits per heavy atom. The molecule has 13 heavy (non-hydrogen) atoms. The van der Waals surface area contributed by atoms with Crippen LogP contribution in [0, 0.1) is 0 Å². The third-order valence-corrected chi connectivity index (χ3v) is 1.42. The van der Waals surface area contributed by atoms with E-state index in [4.69, 9.17) is 11.6 Å². The molecule has 72 valence electrons. The summed E-state index contributed by atoms with van der Waals surface area (Å²) in [6.45, 7) is 4.00. The highest BCUT2D eigenvalue weighted by atomic mass is 35.5. The monoisotopic (exact) mass is 200 g/mol. The van der Waals surface area contributed by atoms with Gasteiger partial charge in [0.25, 0.3) is 5.91 Å². The molecule has 1 heterocycles. The highest BCUT2D eigenvalue weighted by Crippen LogP contribution is 2.07. The first-order valence-electron chi connectivity index (χ1n) is 4.07. The second-order valence-electron chi connectivity index (χ2n) is 1.94. The fraction of sp³-hybridized carbons (Fsp3) is 0.333. The lowest BCUT2D eigenvalue weighted by molar-refractivity contribution is 0.0958. The van der Waals surface area contributed by atoms with Crippen molar-refractivity contribution < 1.29 is 4.79 Å². The van der Waals surface area contributed by atoms with E-state index in [-0.39, 0.29) is 5.91 Å². The molecule has 0 aromatic carbocycles. The number of carbonyl (C=O) groups excluding carboxylic acids is 1. The summed E-state index contributed by atoms with van der Waals surface area (Å²) in [5.74, 6) is -0.229. The van der Waals surface area contributed by atoms with Crippen molar-refractivity contribution in [3.8, 4) is 0 Å². The third kappa shape index (κ3) is 3.90. The minimum atomic E-state index is -0.229. The Morgan fingerprint density at radius 3 is 2.62 bits per heavy atom. The zero-order valence-corrected chi connectivity index (χ0v) is 8.72. The maximum absolute atomic E-state index is 10.9. The van der Waals surface area contributed by atoms with Crippen LogP contribution in [0.4, 0.5) is 0 Å². The number of carbonyl (C=O) groups is 1. The number of hydrogen-bond donors (Lipinski definition) is 1. The maximum Gasteiger partial charge on any atom is 0.269 e. The van der Waals surface area contributed by atoms with Crippen LogP contribution in [-0.4, -0.2) is 17.9 Å². The molecular formula is C9H13ClN2O. The SMILES string of the molecule is CC.CNC(=O)c1cc(Cl)ccn1. The first kappa shape index (κ1) is 11.9. The molecule has 0 fully saturated rings. The van der Waals surface area contributed by atoms with Crippen LogP contribution in [0.1, 0.15) is 24.3 Å². The zero-order valence-electron chi connectivity index (χ0n) is 7.97. The van der Waals surface area contributed by atoms with Crippen molar-refractivity contribution in [2.45, 2.75) is 13.8 Å². The van der Waals surface area contributed by atoms with Crippen LogP contribution in [-0.2, 0) is 0 Å². The van der Waals surface area contributed by atoms with Crippen molar-refractivity contribution in [3.63, 3.8) is 0 Å².